The lowest BCUT2D eigenvalue weighted by atomic mass is 9.88. The van der Waals surface area contributed by atoms with Crippen LogP contribution in [0.2, 0.25) is 0 Å². The number of guanidine groups is 1. The maximum absolute atomic E-state index is 6.09. The summed E-state index contributed by atoms with van der Waals surface area (Å²) >= 11 is 1.84. The number of aryl methyl sites for hydroxylation is 1. The summed E-state index contributed by atoms with van der Waals surface area (Å²) in [5.74, 6) is 1.01. The second kappa shape index (κ2) is 9.54. The molecule has 0 saturated carbocycles. The minimum absolute atomic E-state index is 0. The van der Waals surface area contributed by atoms with Crippen molar-refractivity contribution in [3.8, 4) is 0 Å². The van der Waals surface area contributed by atoms with E-state index in [1.165, 1.54) is 23.3 Å². The molecule has 0 spiro atoms. The van der Waals surface area contributed by atoms with Crippen LogP contribution >= 0.6 is 35.3 Å². The van der Waals surface area contributed by atoms with Gasteiger partial charge in [0.2, 0.25) is 0 Å². The van der Waals surface area contributed by atoms with Crippen LogP contribution in [0.25, 0.3) is 0 Å². The van der Waals surface area contributed by atoms with E-state index in [1.807, 2.05) is 23.5 Å². The summed E-state index contributed by atoms with van der Waals surface area (Å²) in [4.78, 5) is 8.51. The summed E-state index contributed by atoms with van der Waals surface area (Å²) in [6.07, 6.45) is 2.43. The first kappa shape index (κ1) is 20.2. The van der Waals surface area contributed by atoms with E-state index < -0.39 is 0 Å². The van der Waals surface area contributed by atoms with Gasteiger partial charge in [-0.1, -0.05) is 23.8 Å². The largest absolute Gasteiger partial charge is 0.370 e. The first-order chi connectivity index (χ1) is 11.6. The molecule has 4 nitrogen and oxygen atoms in total. The van der Waals surface area contributed by atoms with Crippen molar-refractivity contribution in [1.82, 2.24) is 4.90 Å². The first-order valence-corrected chi connectivity index (χ1v) is 9.38. The van der Waals surface area contributed by atoms with Crippen LogP contribution in [0.4, 0.5) is 5.69 Å². The van der Waals surface area contributed by atoms with Crippen molar-refractivity contribution in [1.29, 1.82) is 0 Å². The van der Waals surface area contributed by atoms with Crippen molar-refractivity contribution in [2.75, 3.05) is 25.5 Å². The lowest BCUT2D eigenvalue weighted by Crippen LogP contribution is -2.37. The number of hydrogen-bond acceptors (Lipinski definition) is 3. The molecule has 0 aliphatic carbocycles. The average Bonchev–Trinajstić information content (AvgIpc) is 3.09. The average molecular weight is 470 g/mol. The highest BCUT2D eigenvalue weighted by molar-refractivity contribution is 14.0. The highest BCUT2D eigenvalue weighted by Gasteiger charge is 2.30. The summed E-state index contributed by atoms with van der Waals surface area (Å²) in [5.41, 5.74) is 8.31. The summed E-state index contributed by atoms with van der Waals surface area (Å²) in [6, 6.07) is 13.0. The van der Waals surface area contributed by atoms with Crippen molar-refractivity contribution in [3.63, 3.8) is 0 Å². The number of thiophene rings is 1. The Bertz CT molecular complexity index is 669. The van der Waals surface area contributed by atoms with E-state index in [2.05, 4.69) is 58.8 Å². The Balaban J connectivity index is 0.00000225. The summed E-state index contributed by atoms with van der Waals surface area (Å²) < 4.78 is 0. The minimum Gasteiger partial charge on any atom is -0.370 e. The van der Waals surface area contributed by atoms with E-state index in [1.54, 1.807) is 0 Å². The fraction of sp³-hybridized carbons (Fsp3) is 0.421. The van der Waals surface area contributed by atoms with Gasteiger partial charge in [0.25, 0.3) is 0 Å². The van der Waals surface area contributed by atoms with Gasteiger partial charge in [0.15, 0.2) is 5.96 Å². The molecule has 3 N–H and O–H groups in total. The van der Waals surface area contributed by atoms with Crippen LogP contribution in [0, 0.1) is 12.8 Å². The first-order valence-electron chi connectivity index (χ1n) is 8.51. The normalized spacial score (nSPS) is 21.6. The molecule has 6 heteroatoms. The zero-order valence-electron chi connectivity index (χ0n) is 14.8. The topological polar surface area (TPSA) is 53.6 Å². The molecule has 3 rings (SSSR count). The molecule has 2 heterocycles. The third-order valence-electron chi connectivity index (χ3n) is 4.66. The third kappa shape index (κ3) is 5.43. The maximum atomic E-state index is 6.09. The molecule has 0 radical (unpaired) electrons. The predicted molar refractivity (Wildman–Crippen MR) is 119 cm³/mol. The van der Waals surface area contributed by atoms with Gasteiger partial charge in [-0.15, -0.1) is 35.3 Å². The van der Waals surface area contributed by atoms with Crippen molar-refractivity contribution >= 4 is 47.0 Å². The molecule has 2 aromatic rings. The Labute approximate surface area is 171 Å². The summed E-state index contributed by atoms with van der Waals surface area (Å²) in [7, 11) is 2.22. The molecular formula is C19H27IN4S. The number of hydrogen-bond donors (Lipinski definition) is 2. The molecule has 1 fully saturated rings. The number of anilines is 1. The lowest BCUT2D eigenvalue weighted by molar-refractivity contribution is 0.128. The minimum atomic E-state index is 0. The SMILES string of the molecule is Cc1ccc(NC(N)=NCC2CCCN(C)C2c2cccs2)cc1.I. The highest BCUT2D eigenvalue weighted by Crippen LogP contribution is 2.37. The molecule has 25 heavy (non-hydrogen) atoms. The van der Waals surface area contributed by atoms with Gasteiger partial charge in [0.1, 0.15) is 0 Å². The Kier molecular flexibility index (Phi) is 7.71. The van der Waals surface area contributed by atoms with E-state index in [0.29, 0.717) is 17.9 Å². The molecule has 1 aliphatic heterocycles. The van der Waals surface area contributed by atoms with Gasteiger partial charge in [-0.3, -0.25) is 9.89 Å². The highest BCUT2D eigenvalue weighted by atomic mass is 127. The quantitative estimate of drug-likeness (QED) is 0.394. The van der Waals surface area contributed by atoms with Gasteiger partial charge < -0.3 is 11.1 Å². The number of halogens is 1. The molecule has 2 atom stereocenters. The second-order valence-corrected chi connectivity index (χ2v) is 7.54. The number of benzene rings is 1. The predicted octanol–water partition coefficient (Wildman–Crippen LogP) is 4.48. The van der Waals surface area contributed by atoms with Crippen molar-refractivity contribution in [2.24, 2.45) is 16.6 Å². The van der Waals surface area contributed by atoms with E-state index in [-0.39, 0.29) is 24.0 Å². The number of rotatable bonds is 4. The second-order valence-electron chi connectivity index (χ2n) is 6.56. The Hall–Kier alpha value is -1.12. The maximum Gasteiger partial charge on any atom is 0.193 e. The number of piperidine rings is 1. The fourth-order valence-electron chi connectivity index (χ4n) is 3.40. The smallest absolute Gasteiger partial charge is 0.193 e. The van der Waals surface area contributed by atoms with Crippen LogP contribution in [0.1, 0.15) is 29.3 Å². The molecule has 1 aromatic heterocycles. The van der Waals surface area contributed by atoms with Gasteiger partial charge in [0.05, 0.1) is 0 Å². The number of nitrogens with two attached hydrogens (primary N) is 1. The van der Waals surface area contributed by atoms with Crippen LogP contribution in [0.5, 0.6) is 0 Å². The van der Waals surface area contributed by atoms with Crippen LogP contribution in [-0.4, -0.2) is 31.0 Å². The van der Waals surface area contributed by atoms with Gasteiger partial charge in [0, 0.05) is 23.2 Å². The number of aliphatic imine (C=N–C) groups is 1. The lowest BCUT2D eigenvalue weighted by Gasteiger charge is -2.38. The van der Waals surface area contributed by atoms with E-state index >= 15 is 0 Å². The monoisotopic (exact) mass is 470 g/mol. The van der Waals surface area contributed by atoms with Crippen molar-refractivity contribution in [3.05, 3.63) is 52.2 Å². The molecule has 1 aromatic carbocycles. The Morgan fingerprint density at radius 3 is 2.76 bits per heavy atom. The van der Waals surface area contributed by atoms with Gasteiger partial charge >= 0.3 is 0 Å². The van der Waals surface area contributed by atoms with Crippen molar-refractivity contribution in [2.45, 2.75) is 25.8 Å². The molecule has 1 saturated heterocycles. The van der Waals surface area contributed by atoms with Gasteiger partial charge in [-0.25, -0.2) is 0 Å². The summed E-state index contributed by atoms with van der Waals surface area (Å²) in [6.45, 7) is 3.99. The van der Waals surface area contributed by atoms with Crippen LogP contribution in [0.3, 0.4) is 0 Å². The third-order valence-corrected chi connectivity index (χ3v) is 5.60. The van der Waals surface area contributed by atoms with E-state index in [0.717, 1.165) is 18.8 Å². The molecule has 1 aliphatic rings. The molecule has 136 valence electrons. The Morgan fingerprint density at radius 2 is 2.08 bits per heavy atom. The van der Waals surface area contributed by atoms with Crippen molar-refractivity contribution < 1.29 is 0 Å². The zero-order chi connectivity index (χ0) is 16.9. The Morgan fingerprint density at radius 1 is 1.32 bits per heavy atom. The van der Waals surface area contributed by atoms with Gasteiger partial charge in [-0.2, -0.15) is 0 Å². The molecule has 0 amide bonds. The van der Waals surface area contributed by atoms with Gasteiger partial charge in [-0.05, 0) is 62.9 Å². The van der Waals surface area contributed by atoms with Crippen LogP contribution in [0.15, 0.2) is 46.8 Å². The van der Waals surface area contributed by atoms with E-state index in [9.17, 15) is 0 Å². The molecule has 0 bridgehead atoms. The molecular weight excluding hydrogens is 443 g/mol. The number of nitrogens with one attached hydrogen (secondary N) is 1. The summed E-state index contributed by atoms with van der Waals surface area (Å²) in [5, 5.41) is 5.34. The molecule has 2 unspecified atom stereocenters. The fourth-order valence-corrected chi connectivity index (χ4v) is 4.38. The zero-order valence-corrected chi connectivity index (χ0v) is 18.0. The number of likely N-dealkylation sites (tertiary alicyclic amines) is 1. The standard InChI is InChI=1S/C19H26N4S.HI/c1-14-7-9-16(10-8-14)22-19(20)21-13-15-5-3-11-23(2)18(15)17-6-4-12-24-17;/h4,6-10,12,15,18H,3,5,11,13H2,1-2H3,(H3,20,21,22);1H. The van der Waals surface area contributed by atoms with Crippen LogP contribution in [-0.2, 0) is 0 Å². The van der Waals surface area contributed by atoms with Crippen LogP contribution < -0.4 is 11.1 Å². The van der Waals surface area contributed by atoms with E-state index in [4.69, 9.17) is 5.73 Å². The number of nitrogens with zero attached hydrogens (tertiary/aromatic N) is 2.